The molecule has 126 valence electrons. The average molecular weight is 345 g/mol. The van der Waals surface area contributed by atoms with Crippen molar-refractivity contribution in [2.45, 2.75) is 31.4 Å². The van der Waals surface area contributed by atoms with Crippen molar-refractivity contribution in [1.82, 2.24) is 4.90 Å². The van der Waals surface area contributed by atoms with Gasteiger partial charge in [0.15, 0.2) is 0 Å². The Bertz CT molecular complexity index is 711. The van der Waals surface area contributed by atoms with Gasteiger partial charge in [-0.3, -0.25) is 4.79 Å². The zero-order chi connectivity index (χ0) is 17.1. The van der Waals surface area contributed by atoms with E-state index < -0.39 is 12.1 Å². The van der Waals surface area contributed by atoms with Gasteiger partial charge in [-0.15, -0.1) is 11.3 Å². The SMILES string of the molecule is O=C(O)c1ccc(C(=O)N2CCCC2CC(O)c2cccs2)cc1. The van der Waals surface area contributed by atoms with Gasteiger partial charge < -0.3 is 15.1 Å². The van der Waals surface area contributed by atoms with Crippen LogP contribution in [-0.2, 0) is 0 Å². The number of hydrogen-bond acceptors (Lipinski definition) is 4. The highest BCUT2D eigenvalue weighted by Crippen LogP contribution is 2.30. The van der Waals surface area contributed by atoms with Gasteiger partial charge in [-0.25, -0.2) is 4.79 Å². The number of carboxylic acid groups (broad SMARTS) is 1. The number of carboxylic acids is 1. The van der Waals surface area contributed by atoms with Crippen LogP contribution in [-0.4, -0.2) is 39.6 Å². The van der Waals surface area contributed by atoms with Crippen LogP contribution in [0.3, 0.4) is 0 Å². The van der Waals surface area contributed by atoms with Gasteiger partial charge in [-0.05, 0) is 55.0 Å². The first kappa shape index (κ1) is 16.7. The first-order valence-corrected chi connectivity index (χ1v) is 8.80. The predicted octanol–water partition coefficient (Wildman–Crippen LogP) is 3.17. The summed E-state index contributed by atoms with van der Waals surface area (Å²) in [6.07, 6.45) is 1.76. The molecule has 6 heteroatoms. The number of likely N-dealkylation sites (tertiary alicyclic amines) is 1. The molecule has 1 fully saturated rings. The maximum atomic E-state index is 12.7. The molecule has 1 aliphatic heterocycles. The van der Waals surface area contributed by atoms with Gasteiger partial charge in [0.25, 0.3) is 5.91 Å². The Labute approximate surface area is 144 Å². The van der Waals surface area contributed by atoms with E-state index in [0.717, 1.165) is 17.7 Å². The van der Waals surface area contributed by atoms with Crippen molar-refractivity contribution in [2.75, 3.05) is 6.54 Å². The zero-order valence-electron chi connectivity index (χ0n) is 13.1. The quantitative estimate of drug-likeness (QED) is 0.872. The third-order valence-corrected chi connectivity index (χ3v) is 5.36. The van der Waals surface area contributed by atoms with Crippen molar-refractivity contribution in [1.29, 1.82) is 0 Å². The smallest absolute Gasteiger partial charge is 0.335 e. The molecule has 1 saturated heterocycles. The van der Waals surface area contributed by atoms with Gasteiger partial charge >= 0.3 is 5.97 Å². The molecule has 0 radical (unpaired) electrons. The second-order valence-corrected chi connectivity index (χ2v) is 6.92. The molecule has 2 heterocycles. The summed E-state index contributed by atoms with van der Waals surface area (Å²) in [7, 11) is 0. The Morgan fingerprint density at radius 1 is 1.21 bits per heavy atom. The normalized spacial score (nSPS) is 18.5. The second-order valence-electron chi connectivity index (χ2n) is 5.94. The number of benzene rings is 1. The number of aliphatic hydroxyl groups excluding tert-OH is 1. The van der Waals surface area contributed by atoms with E-state index in [1.807, 2.05) is 17.5 Å². The highest BCUT2D eigenvalue weighted by Gasteiger charge is 2.31. The standard InChI is InChI=1S/C18H19NO4S/c20-15(16-4-2-10-24-16)11-14-3-1-9-19(14)17(21)12-5-7-13(8-6-12)18(22)23/h2,4-8,10,14-15,20H,1,3,9,11H2,(H,22,23). The summed E-state index contributed by atoms with van der Waals surface area (Å²) in [5.74, 6) is -1.11. The number of nitrogens with zero attached hydrogens (tertiary/aromatic N) is 1. The minimum Gasteiger partial charge on any atom is -0.478 e. The van der Waals surface area contributed by atoms with Crippen LogP contribution in [0.25, 0.3) is 0 Å². The Kier molecular flexibility index (Phi) is 4.97. The van der Waals surface area contributed by atoms with E-state index in [4.69, 9.17) is 5.11 Å². The van der Waals surface area contributed by atoms with Crippen molar-refractivity contribution in [3.8, 4) is 0 Å². The van der Waals surface area contributed by atoms with Gasteiger partial charge in [0, 0.05) is 23.0 Å². The summed E-state index contributed by atoms with van der Waals surface area (Å²) in [5, 5.41) is 21.2. The molecular weight excluding hydrogens is 326 g/mol. The van der Waals surface area contributed by atoms with E-state index in [0.29, 0.717) is 18.5 Å². The molecule has 1 aromatic carbocycles. The lowest BCUT2D eigenvalue weighted by Crippen LogP contribution is -2.36. The summed E-state index contributed by atoms with van der Waals surface area (Å²) in [5.41, 5.74) is 0.648. The number of hydrogen-bond donors (Lipinski definition) is 2. The molecule has 2 unspecified atom stereocenters. The molecule has 0 saturated carbocycles. The van der Waals surface area contributed by atoms with Gasteiger partial charge in [-0.2, -0.15) is 0 Å². The molecule has 1 amide bonds. The fourth-order valence-electron chi connectivity index (χ4n) is 3.12. The topological polar surface area (TPSA) is 77.8 Å². The van der Waals surface area contributed by atoms with E-state index in [1.165, 1.54) is 23.5 Å². The fraction of sp³-hybridized carbons (Fsp3) is 0.333. The lowest BCUT2D eigenvalue weighted by atomic mass is 10.0. The third kappa shape index (κ3) is 3.49. The van der Waals surface area contributed by atoms with Crippen LogP contribution in [0.4, 0.5) is 0 Å². The Morgan fingerprint density at radius 2 is 1.92 bits per heavy atom. The van der Waals surface area contributed by atoms with Crippen LogP contribution in [0.1, 0.15) is 51.0 Å². The summed E-state index contributed by atoms with van der Waals surface area (Å²) < 4.78 is 0. The van der Waals surface area contributed by atoms with Crippen LogP contribution in [0.5, 0.6) is 0 Å². The maximum Gasteiger partial charge on any atom is 0.335 e. The summed E-state index contributed by atoms with van der Waals surface area (Å²) >= 11 is 1.52. The first-order chi connectivity index (χ1) is 11.6. The Hall–Kier alpha value is -2.18. The van der Waals surface area contributed by atoms with E-state index in [2.05, 4.69) is 0 Å². The fourth-order valence-corrected chi connectivity index (χ4v) is 3.85. The second kappa shape index (κ2) is 7.15. The molecule has 1 aliphatic rings. The zero-order valence-corrected chi connectivity index (χ0v) is 13.9. The van der Waals surface area contributed by atoms with Crippen molar-refractivity contribution in [2.24, 2.45) is 0 Å². The number of amides is 1. The monoisotopic (exact) mass is 345 g/mol. The highest BCUT2D eigenvalue weighted by atomic mass is 32.1. The van der Waals surface area contributed by atoms with E-state index in [9.17, 15) is 14.7 Å². The third-order valence-electron chi connectivity index (χ3n) is 4.38. The average Bonchev–Trinajstić information content (AvgIpc) is 3.26. The summed E-state index contributed by atoms with van der Waals surface area (Å²) in [4.78, 5) is 26.3. The Balaban J connectivity index is 1.70. The molecule has 2 N–H and O–H groups in total. The molecule has 1 aromatic heterocycles. The van der Waals surface area contributed by atoms with Crippen molar-refractivity contribution >= 4 is 23.2 Å². The molecule has 24 heavy (non-hydrogen) atoms. The molecule has 0 spiro atoms. The number of aromatic carboxylic acids is 1. The summed E-state index contributed by atoms with van der Waals surface area (Å²) in [6.45, 7) is 0.668. The number of aliphatic hydroxyl groups is 1. The molecule has 2 atom stereocenters. The van der Waals surface area contributed by atoms with Gasteiger partial charge in [-0.1, -0.05) is 6.07 Å². The molecular formula is C18H19NO4S. The molecule has 3 rings (SSSR count). The summed E-state index contributed by atoms with van der Waals surface area (Å²) in [6, 6.07) is 9.82. The lowest BCUT2D eigenvalue weighted by molar-refractivity contribution is 0.0663. The molecule has 2 aromatic rings. The minimum absolute atomic E-state index is 0.00810. The van der Waals surface area contributed by atoms with Crippen LogP contribution < -0.4 is 0 Å². The molecule has 0 aliphatic carbocycles. The van der Waals surface area contributed by atoms with Gasteiger partial charge in [0.05, 0.1) is 11.7 Å². The number of carbonyl (C=O) groups excluding carboxylic acids is 1. The number of rotatable bonds is 5. The Morgan fingerprint density at radius 3 is 2.54 bits per heavy atom. The minimum atomic E-state index is -1.01. The maximum absolute atomic E-state index is 12.7. The van der Waals surface area contributed by atoms with Crippen molar-refractivity contribution in [3.05, 3.63) is 57.8 Å². The highest BCUT2D eigenvalue weighted by molar-refractivity contribution is 7.10. The lowest BCUT2D eigenvalue weighted by Gasteiger charge is -2.26. The molecule has 0 bridgehead atoms. The van der Waals surface area contributed by atoms with Gasteiger partial charge in [0.2, 0.25) is 0 Å². The number of carbonyl (C=O) groups is 2. The number of thiophene rings is 1. The molecule has 5 nitrogen and oxygen atoms in total. The predicted molar refractivity (Wildman–Crippen MR) is 91.4 cm³/mol. The van der Waals surface area contributed by atoms with Crippen LogP contribution >= 0.6 is 11.3 Å². The van der Waals surface area contributed by atoms with E-state index >= 15 is 0 Å². The van der Waals surface area contributed by atoms with Crippen LogP contribution in [0, 0.1) is 0 Å². The first-order valence-electron chi connectivity index (χ1n) is 7.92. The van der Waals surface area contributed by atoms with Crippen molar-refractivity contribution in [3.63, 3.8) is 0 Å². The van der Waals surface area contributed by atoms with E-state index in [1.54, 1.807) is 17.0 Å². The van der Waals surface area contributed by atoms with Crippen LogP contribution in [0.15, 0.2) is 41.8 Å². The van der Waals surface area contributed by atoms with Crippen molar-refractivity contribution < 1.29 is 19.8 Å². The van der Waals surface area contributed by atoms with Gasteiger partial charge in [0.1, 0.15) is 0 Å². The largest absolute Gasteiger partial charge is 0.478 e. The van der Waals surface area contributed by atoms with Crippen LogP contribution in [0.2, 0.25) is 0 Å². The van der Waals surface area contributed by atoms with E-state index in [-0.39, 0.29) is 17.5 Å².